The van der Waals surface area contributed by atoms with Crippen molar-refractivity contribution in [1.82, 2.24) is 0 Å². The van der Waals surface area contributed by atoms with Gasteiger partial charge >= 0.3 is 19.8 Å². The Morgan fingerprint density at radius 1 is 0.510 bits per heavy atom. The Bertz CT molecular complexity index is 812. The Morgan fingerprint density at radius 3 is 1.24 bits per heavy atom. The first kappa shape index (κ1) is 47.8. The first-order valence-electron chi connectivity index (χ1n) is 20.5. The summed E-state index contributed by atoms with van der Waals surface area (Å²) in [4.78, 5) is 42.7. The number of carbonyl (C=O) groups excluding carboxylic acids is 2. The van der Waals surface area contributed by atoms with Gasteiger partial charge < -0.3 is 19.3 Å². The molecule has 290 valence electrons. The summed E-state index contributed by atoms with van der Waals surface area (Å²) in [6.45, 7) is 3.69. The van der Waals surface area contributed by atoms with Gasteiger partial charge in [0.05, 0.1) is 6.61 Å². The summed E-state index contributed by atoms with van der Waals surface area (Å²) in [5.41, 5.74) is 0. The number of carbonyl (C=O) groups is 2. The average molecular weight is 717 g/mol. The fraction of sp³-hybridized carbons (Fsp3) is 0.900. The van der Waals surface area contributed by atoms with Gasteiger partial charge in [0.1, 0.15) is 6.61 Å². The van der Waals surface area contributed by atoms with Crippen LogP contribution < -0.4 is 0 Å². The summed E-state index contributed by atoms with van der Waals surface area (Å²) in [6, 6.07) is 0. The Balaban J connectivity index is 3.89. The van der Waals surface area contributed by atoms with Gasteiger partial charge in [-0.2, -0.15) is 0 Å². The molecule has 1 atom stereocenters. The standard InChI is InChI=1S/C40H77O8P/c1-3-5-7-9-11-13-15-17-18-19-20-21-22-23-25-27-29-31-33-35-40(42)48-38(37-47-49(43,44)45)36-46-39(41)34-32-30-28-26-24-16-14-12-10-8-6-4-2/h19-20,38H,3-18,21-37H2,1-2H3,(H2,43,44,45)/b20-19-/t38-/m1/s1. The highest BCUT2D eigenvalue weighted by molar-refractivity contribution is 7.46. The maximum Gasteiger partial charge on any atom is 0.469 e. The predicted octanol–water partition coefficient (Wildman–Crippen LogP) is 12.2. The molecule has 0 unspecified atom stereocenters. The molecule has 0 aliphatic heterocycles. The van der Waals surface area contributed by atoms with Gasteiger partial charge in [-0.05, 0) is 38.5 Å². The van der Waals surface area contributed by atoms with Crippen LogP contribution in [0.3, 0.4) is 0 Å². The lowest BCUT2D eigenvalue weighted by atomic mass is 10.0. The summed E-state index contributed by atoms with van der Waals surface area (Å²) in [6.07, 6.45) is 39.3. The fourth-order valence-electron chi connectivity index (χ4n) is 5.96. The highest BCUT2D eigenvalue weighted by Crippen LogP contribution is 2.36. The highest BCUT2D eigenvalue weighted by atomic mass is 31.2. The van der Waals surface area contributed by atoms with E-state index in [4.69, 9.17) is 19.3 Å². The normalized spacial score (nSPS) is 12.5. The third-order valence-corrected chi connectivity index (χ3v) is 9.52. The number of phosphoric ester groups is 1. The van der Waals surface area contributed by atoms with Crippen LogP contribution in [0.4, 0.5) is 0 Å². The summed E-state index contributed by atoms with van der Waals surface area (Å²) in [5.74, 6) is -0.880. The van der Waals surface area contributed by atoms with Crippen LogP contribution in [0, 0.1) is 0 Å². The maximum absolute atomic E-state index is 12.4. The molecule has 0 bridgehead atoms. The molecular weight excluding hydrogens is 639 g/mol. The molecule has 0 spiro atoms. The number of phosphoric acid groups is 1. The molecule has 0 saturated heterocycles. The van der Waals surface area contributed by atoms with Gasteiger partial charge in [-0.1, -0.05) is 174 Å². The number of esters is 2. The molecule has 8 nitrogen and oxygen atoms in total. The van der Waals surface area contributed by atoms with Crippen LogP contribution in [0.1, 0.15) is 213 Å². The van der Waals surface area contributed by atoms with Crippen molar-refractivity contribution in [2.24, 2.45) is 0 Å². The third-order valence-electron chi connectivity index (χ3n) is 9.03. The van der Waals surface area contributed by atoms with Crippen molar-refractivity contribution in [3.05, 3.63) is 12.2 Å². The summed E-state index contributed by atoms with van der Waals surface area (Å²) in [5, 5.41) is 0. The Hall–Kier alpha value is -1.21. The number of unbranched alkanes of at least 4 members (excludes halogenated alkanes) is 26. The first-order valence-corrected chi connectivity index (χ1v) is 22.0. The van der Waals surface area contributed by atoms with Crippen LogP contribution in [0.15, 0.2) is 12.2 Å². The van der Waals surface area contributed by atoms with Gasteiger partial charge in [0.2, 0.25) is 0 Å². The van der Waals surface area contributed by atoms with Crippen molar-refractivity contribution in [2.75, 3.05) is 13.2 Å². The SMILES string of the molecule is CCCCCCCCCC/C=C\CCCCCCCCCC(=O)O[C@H](COC(=O)CCCCCCCCCCCCCC)COP(=O)(O)O. The number of hydrogen-bond acceptors (Lipinski definition) is 6. The molecule has 0 amide bonds. The van der Waals surface area contributed by atoms with Gasteiger partial charge in [-0.3, -0.25) is 14.1 Å². The van der Waals surface area contributed by atoms with Gasteiger partial charge in [0.25, 0.3) is 0 Å². The molecule has 0 rings (SSSR count). The highest BCUT2D eigenvalue weighted by Gasteiger charge is 2.22. The largest absolute Gasteiger partial charge is 0.469 e. The molecule has 9 heteroatoms. The van der Waals surface area contributed by atoms with Crippen LogP contribution in [-0.4, -0.2) is 41.0 Å². The zero-order chi connectivity index (χ0) is 36.1. The lowest BCUT2D eigenvalue weighted by Crippen LogP contribution is -2.29. The van der Waals surface area contributed by atoms with Crippen LogP contribution in [0.2, 0.25) is 0 Å². The summed E-state index contributed by atoms with van der Waals surface area (Å²) >= 11 is 0. The van der Waals surface area contributed by atoms with Gasteiger partial charge in [-0.25, -0.2) is 4.57 Å². The van der Waals surface area contributed by atoms with Crippen molar-refractivity contribution in [3.8, 4) is 0 Å². The first-order chi connectivity index (χ1) is 23.8. The van der Waals surface area contributed by atoms with E-state index in [2.05, 4.69) is 30.5 Å². The minimum Gasteiger partial charge on any atom is -0.462 e. The molecule has 0 aromatic rings. The lowest BCUT2D eigenvalue weighted by Gasteiger charge is -2.18. The molecule has 0 aromatic carbocycles. The minimum absolute atomic E-state index is 0.211. The smallest absolute Gasteiger partial charge is 0.462 e. The van der Waals surface area contributed by atoms with E-state index < -0.39 is 32.5 Å². The van der Waals surface area contributed by atoms with Crippen molar-refractivity contribution < 1.29 is 37.9 Å². The molecule has 0 aliphatic rings. The van der Waals surface area contributed by atoms with Gasteiger partial charge in [0, 0.05) is 12.8 Å². The molecule has 49 heavy (non-hydrogen) atoms. The summed E-state index contributed by atoms with van der Waals surface area (Å²) in [7, 11) is -4.75. The van der Waals surface area contributed by atoms with Gasteiger partial charge in [-0.15, -0.1) is 0 Å². The number of ether oxygens (including phenoxy) is 2. The van der Waals surface area contributed by atoms with E-state index in [0.29, 0.717) is 6.42 Å². The minimum atomic E-state index is -4.75. The second-order valence-electron chi connectivity index (χ2n) is 14.0. The molecule has 0 aliphatic carbocycles. The quantitative estimate of drug-likeness (QED) is 0.0280. The van der Waals surface area contributed by atoms with E-state index in [1.165, 1.54) is 135 Å². The molecular formula is C40H77O8P. The molecule has 0 saturated carbocycles. The van der Waals surface area contributed by atoms with Crippen LogP contribution in [0.5, 0.6) is 0 Å². The molecule has 0 heterocycles. The number of hydrogen-bond donors (Lipinski definition) is 2. The Morgan fingerprint density at radius 2 is 0.857 bits per heavy atom. The molecule has 0 radical (unpaired) electrons. The zero-order valence-corrected chi connectivity index (χ0v) is 32.8. The molecule has 0 aromatic heterocycles. The van der Waals surface area contributed by atoms with Crippen LogP contribution >= 0.6 is 7.82 Å². The molecule has 0 fully saturated rings. The van der Waals surface area contributed by atoms with E-state index in [9.17, 15) is 14.2 Å². The van der Waals surface area contributed by atoms with Crippen molar-refractivity contribution in [3.63, 3.8) is 0 Å². The maximum atomic E-state index is 12.4. The topological polar surface area (TPSA) is 119 Å². The number of allylic oxidation sites excluding steroid dienone is 2. The zero-order valence-electron chi connectivity index (χ0n) is 31.9. The average Bonchev–Trinajstić information content (AvgIpc) is 3.07. The van der Waals surface area contributed by atoms with E-state index >= 15 is 0 Å². The third kappa shape index (κ3) is 39.4. The van der Waals surface area contributed by atoms with Crippen LogP contribution in [-0.2, 0) is 28.2 Å². The van der Waals surface area contributed by atoms with Crippen molar-refractivity contribution in [2.45, 2.75) is 219 Å². The Labute approximate surface area is 301 Å². The van der Waals surface area contributed by atoms with Crippen molar-refractivity contribution >= 4 is 19.8 Å². The van der Waals surface area contributed by atoms with E-state index in [1.54, 1.807) is 0 Å². The van der Waals surface area contributed by atoms with E-state index in [1.807, 2.05) is 0 Å². The summed E-state index contributed by atoms with van der Waals surface area (Å²) < 4.78 is 26.3. The number of rotatable bonds is 38. The lowest BCUT2D eigenvalue weighted by molar-refractivity contribution is -0.161. The molecule has 2 N–H and O–H groups in total. The monoisotopic (exact) mass is 717 g/mol. The van der Waals surface area contributed by atoms with E-state index in [0.717, 1.165) is 44.9 Å². The van der Waals surface area contributed by atoms with Crippen LogP contribution in [0.25, 0.3) is 0 Å². The second-order valence-corrected chi connectivity index (χ2v) is 15.2. The Kier molecular flexibility index (Phi) is 35.7. The fourth-order valence-corrected chi connectivity index (χ4v) is 6.32. The predicted molar refractivity (Wildman–Crippen MR) is 202 cm³/mol. The van der Waals surface area contributed by atoms with E-state index in [-0.39, 0.29) is 19.4 Å². The second kappa shape index (κ2) is 36.6. The van der Waals surface area contributed by atoms with Crippen molar-refractivity contribution in [1.29, 1.82) is 0 Å². The van der Waals surface area contributed by atoms with Gasteiger partial charge in [0.15, 0.2) is 6.10 Å².